The van der Waals surface area contributed by atoms with Crippen molar-refractivity contribution in [1.82, 2.24) is 10.2 Å². The molecule has 2 rings (SSSR count). The van der Waals surface area contributed by atoms with Crippen LogP contribution in [-0.4, -0.2) is 49.7 Å². The number of likely N-dealkylation sites (N-methyl/N-ethyl adjacent to an activating group) is 1. The maximum atomic E-state index is 12.1. The van der Waals surface area contributed by atoms with Gasteiger partial charge in [0.05, 0.1) is 6.61 Å². The van der Waals surface area contributed by atoms with Gasteiger partial charge in [-0.15, -0.1) is 0 Å². The first kappa shape index (κ1) is 10.9. The summed E-state index contributed by atoms with van der Waals surface area (Å²) in [6, 6.07) is 0. The molecule has 0 aromatic heterocycles. The third-order valence-electron chi connectivity index (χ3n) is 3.07. The van der Waals surface area contributed by atoms with Gasteiger partial charge < -0.3 is 15.0 Å². The third kappa shape index (κ3) is 2.92. The quantitative estimate of drug-likeness (QED) is 0.725. The summed E-state index contributed by atoms with van der Waals surface area (Å²) in [6.07, 6.45) is 2.32. The number of morpholine rings is 1. The average Bonchev–Trinajstić information content (AvgIpc) is 3.10. The van der Waals surface area contributed by atoms with Crippen molar-refractivity contribution in [3.8, 4) is 0 Å². The molecule has 2 aliphatic rings. The average molecular weight is 212 g/mol. The number of carbonyl (C=O) groups excluding carboxylic acids is 1. The summed E-state index contributed by atoms with van der Waals surface area (Å²) >= 11 is 0. The number of ether oxygens (including phenoxy) is 1. The van der Waals surface area contributed by atoms with Gasteiger partial charge in [0.1, 0.15) is 6.10 Å². The van der Waals surface area contributed by atoms with E-state index in [1.165, 1.54) is 12.8 Å². The zero-order valence-electron chi connectivity index (χ0n) is 9.37. The van der Waals surface area contributed by atoms with Gasteiger partial charge in [-0.05, 0) is 25.7 Å². The molecular formula is C11H20N2O2. The van der Waals surface area contributed by atoms with Gasteiger partial charge in [0.2, 0.25) is 0 Å². The van der Waals surface area contributed by atoms with Crippen molar-refractivity contribution in [2.75, 3.05) is 32.8 Å². The molecule has 0 spiro atoms. The van der Waals surface area contributed by atoms with Crippen LogP contribution in [0.5, 0.6) is 0 Å². The molecule has 15 heavy (non-hydrogen) atoms. The van der Waals surface area contributed by atoms with Gasteiger partial charge in [-0.3, -0.25) is 4.79 Å². The van der Waals surface area contributed by atoms with E-state index >= 15 is 0 Å². The highest BCUT2D eigenvalue weighted by atomic mass is 16.5. The number of carbonyl (C=O) groups is 1. The zero-order chi connectivity index (χ0) is 10.7. The van der Waals surface area contributed by atoms with Crippen LogP contribution in [0.3, 0.4) is 0 Å². The molecule has 0 aromatic rings. The van der Waals surface area contributed by atoms with E-state index in [0.29, 0.717) is 13.2 Å². The predicted octanol–water partition coefficient (Wildman–Crippen LogP) is 0.233. The molecular weight excluding hydrogens is 192 g/mol. The molecule has 4 heteroatoms. The number of hydrogen-bond donors (Lipinski definition) is 1. The van der Waals surface area contributed by atoms with E-state index in [0.717, 1.165) is 25.6 Å². The van der Waals surface area contributed by atoms with Crippen molar-refractivity contribution in [3.63, 3.8) is 0 Å². The number of amides is 1. The summed E-state index contributed by atoms with van der Waals surface area (Å²) in [5.74, 6) is 0.919. The molecule has 1 unspecified atom stereocenters. The van der Waals surface area contributed by atoms with E-state index in [9.17, 15) is 4.79 Å². The summed E-state index contributed by atoms with van der Waals surface area (Å²) in [4.78, 5) is 14.0. The topological polar surface area (TPSA) is 41.6 Å². The number of hydrogen-bond acceptors (Lipinski definition) is 3. The highest BCUT2D eigenvalue weighted by molar-refractivity contribution is 5.81. The molecule has 1 saturated carbocycles. The van der Waals surface area contributed by atoms with E-state index in [1.54, 1.807) is 0 Å². The molecule has 4 nitrogen and oxygen atoms in total. The Morgan fingerprint density at radius 2 is 2.33 bits per heavy atom. The Balaban J connectivity index is 1.84. The van der Waals surface area contributed by atoms with Crippen LogP contribution >= 0.6 is 0 Å². The van der Waals surface area contributed by atoms with Crippen molar-refractivity contribution in [3.05, 3.63) is 0 Å². The Hall–Kier alpha value is -0.610. The van der Waals surface area contributed by atoms with Gasteiger partial charge in [-0.1, -0.05) is 0 Å². The van der Waals surface area contributed by atoms with Gasteiger partial charge in [0.15, 0.2) is 0 Å². The fourth-order valence-electron chi connectivity index (χ4n) is 1.91. The molecule has 1 heterocycles. The number of rotatable bonds is 4. The van der Waals surface area contributed by atoms with Crippen LogP contribution in [0.4, 0.5) is 0 Å². The van der Waals surface area contributed by atoms with E-state index in [1.807, 2.05) is 11.8 Å². The number of nitrogens with one attached hydrogen (secondary N) is 1. The third-order valence-corrected chi connectivity index (χ3v) is 3.07. The first-order valence-corrected chi connectivity index (χ1v) is 5.92. The fourth-order valence-corrected chi connectivity index (χ4v) is 1.91. The molecule has 1 aliphatic heterocycles. The normalized spacial score (nSPS) is 26.3. The van der Waals surface area contributed by atoms with Crippen molar-refractivity contribution in [1.29, 1.82) is 0 Å². The van der Waals surface area contributed by atoms with Crippen LogP contribution in [0.1, 0.15) is 19.8 Å². The van der Waals surface area contributed by atoms with Crippen molar-refractivity contribution < 1.29 is 9.53 Å². The summed E-state index contributed by atoms with van der Waals surface area (Å²) < 4.78 is 5.47. The van der Waals surface area contributed by atoms with Gasteiger partial charge in [0, 0.05) is 26.2 Å². The lowest BCUT2D eigenvalue weighted by Gasteiger charge is -2.29. The van der Waals surface area contributed by atoms with Crippen molar-refractivity contribution >= 4 is 5.91 Å². The van der Waals surface area contributed by atoms with E-state index in [4.69, 9.17) is 4.74 Å². The SMILES string of the molecule is CCN(CC1CC1)C(=O)C1CNCCO1. The summed E-state index contributed by atoms with van der Waals surface area (Å²) in [5.41, 5.74) is 0. The molecule has 1 saturated heterocycles. The maximum Gasteiger partial charge on any atom is 0.253 e. The maximum absolute atomic E-state index is 12.1. The first-order chi connectivity index (χ1) is 7.31. The second-order valence-corrected chi connectivity index (χ2v) is 4.38. The van der Waals surface area contributed by atoms with Gasteiger partial charge in [0.25, 0.3) is 5.91 Å². The Kier molecular flexibility index (Phi) is 3.59. The molecule has 0 bridgehead atoms. The molecule has 0 aromatic carbocycles. The van der Waals surface area contributed by atoms with Crippen molar-refractivity contribution in [2.45, 2.75) is 25.9 Å². The second-order valence-electron chi connectivity index (χ2n) is 4.38. The van der Waals surface area contributed by atoms with Gasteiger partial charge >= 0.3 is 0 Å². The Morgan fingerprint density at radius 1 is 1.53 bits per heavy atom. The summed E-state index contributed by atoms with van der Waals surface area (Å²) in [5, 5.41) is 3.19. The highest BCUT2D eigenvalue weighted by Gasteiger charge is 2.30. The van der Waals surface area contributed by atoms with Crippen LogP contribution in [-0.2, 0) is 9.53 Å². The van der Waals surface area contributed by atoms with E-state index < -0.39 is 0 Å². The van der Waals surface area contributed by atoms with Gasteiger partial charge in [-0.25, -0.2) is 0 Å². The van der Waals surface area contributed by atoms with Crippen LogP contribution in [0.15, 0.2) is 0 Å². The van der Waals surface area contributed by atoms with Crippen LogP contribution in [0.2, 0.25) is 0 Å². The fraction of sp³-hybridized carbons (Fsp3) is 0.909. The smallest absolute Gasteiger partial charge is 0.253 e. The molecule has 1 N–H and O–H groups in total. The van der Waals surface area contributed by atoms with Crippen LogP contribution < -0.4 is 5.32 Å². The van der Waals surface area contributed by atoms with E-state index in [-0.39, 0.29) is 12.0 Å². The predicted molar refractivity (Wildman–Crippen MR) is 57.6 cm³/mol. The van der Waals surface area contributed by atoms with Gasteiger partial charge in [-0.2, -0.15) is 0 Å². The lowest BCUT2D eigenvalue weighted by molar-refractivity contribution is -0.145. The molecule has 0 radical (unpaired) electrons. The second kappa shape index (κ2) is 4.94. The van der Waals surface area contributed by atoms with Crippen LogP contribution in [0.25, 0.3) is 0 Å². The lowest BCUT2D eigenvalue weighted by atomic mass is 10.2. The largest absolute Gasteiger partial charge is 0.366 e. The molecule has 1 aliphatic carbocycles. The zero-order valence-corrected chi connectivity index (χ0v) is 9.37. The van der Waals surface area contributed by atoms with Crippen LogP contribution in [0, 0.1) is 5.92 Å². The highest BCUT2D eigenvalue weighted by Crippen LogP contribution is 2.29. The molecule has 1 amide bonds. The minimum atomic E-state index is -0.252. The minimum Gasteiger partial charge on any atom is -0.366 e. The Morgan fingerprint density at radius 3 is 2.87 bits per heavy atom. The summed E-state index contributed by atoms with van der Waals surface area (Å²) in [7, 11) is 0. The summed E-state index contributed by atoms with van der Waals surface area (Å²) in [6.45, 7) is 5.94. The first-order valence-electron chi connectivity index (χ1n) is 5.92. The molecule has 1 atom stereocenters. The monoisotopic (exact) mass is 212 g/mol. The Labute approximate surface area is 91.0 Å². The number of nitrogens with zero attached hydrogens (tertiary/aromatic N) is 1. The standard InChI is InChI=1S/C11H20N2O2/c1-2-13(8-9-3-4-9)11(14)10-7-12-5-6-15-10/h9-10,12H,2-8H2,1H3. The minimum absolute atomic E-state index is 0.164. The lowest BCUT2D eigenvalue weighted by Crippen LogP contribution is -2.49. The molecule has 2 fully saturated rings. The molecule has 86 valence electrons. The Bertz CT molecular complexity index is 223. The van der Waals surface area contributed by atoms with E-state index in [2.05, 4.69) is 5.32 Å². The van der Waals surface area contributed by atoms with Crippen molar-refractivity contribution in [2.24, 2.45) is 5.92 Å².